The Bertz CT molecular complexity index is 1120. The normalized spacial score (nSPS) is 11.5. The largest absolute Gasteiger partial charge is 0.493 e. The van der Waals surface area contributed by atoms with Crippen molar-refractivity contribution in [2.45, 2.75) is 33.2 Å². The molecule has 3 heterocycles. The van der Waals surface area contributed by atoms with E-state index in [1.807, 2.05) is 31.2 Å². The number of fused-ring (bicyclic) bond motifs is 3. The molecule has 0 aliphatic heterocycles. The van der Waals surface area contributed by atoms with Gasteiger partial charge in [-0.25, -0.2) is 14.2 Å². The van der Waals surface area contributed by atoms with Gasteiger partial charge in [-0.3, -0.25) is 4.57 Å². The molecule has 0 spiro atoms. The second-order valence-electron chi connectivity index (χ2n) is 6.03. The van der Waals surface area contributed by atoms with Crippen LogP contribution in [0.2, 0.25) is 0 Å². The number of hydrogen-bond donors (Lipinski definition) is 1. The Labute approximate surface area is 149 Å². The lowest BCUT2D eigenvalue weighted by atomic mass is 10.2. The van der Waals surface area contributed by atoms with Crippen LogP contribution in [0.4, 0.5) is 0 Å². The van der Waals surface area contributed by atoms with Crippen LogP contribution in [0.3, 0.4) is 0 Å². The van der Waals surface area contributed by atoms with Gasteiger partial charge in [-0.05, 0) is 25.5 Å². The molecule has 4 rings (SSSR count). The van der Waals surface area contributed by atoms with Gasteiger partial charge in [-0.15, -0.1) is 10.2 Å². The number of nitrogens with zero attached hydrogens (tertiary/aromatic N) is 5. The van der Waals surface area contributed by atoms with E-state index in [2.05, 4.69) is 22.1 Å². The Morgan fingerprint density at radius 2 is 2.04 bits per heavy atom. The number of ether oxygens (including phenoxy) is 1. The first-order valence-corrected chi connectivity index (χ1v) is 8.79. The Morgan fingerprint density at radius 1 is 1.19 bits per heavy atom. The first-order chi connectivity index (χ1) is 12.7. The van der Waals surface area contributed by atoms with Gasteiger partial charge in [0.25, 0.3) is 0 Å². The fourth-order valence-corrected chi connectivity index (χ4v) is 3.07. The summed E-state index contributed by atoms with van der Waals surface area (Å²) in [7, 11) is 0. The molecule has 0 atom stereocenters. The van der Waals surface area contributed by atoms with Crippen LogP contribution in [0, 0.1) is 0 Å². The molecule has 0 unspecified atom stereocenters. The number of aryl methyl sites for hydroxylation is 1. The summed E-state index contributed by atoms with van der Waals surface area (Å²) >= 11 is 0. The lowest BCUT2D eigenvalue weighted by molar-refractivity contribution is 0.341. The van der Waals surface area contributed by atoms with Crippen molar-refractivity contribution in [2.24, 2.45) is 0 Å². The molecule has 1 aromatic carbocycles. The molecule has 0 bridgehead atoms. The first-order valence-electron chi connectivity index (χ1n) is 8.79. The number of imidazole rings is 1. The monoisotopic (exact) mass is 352 g/mol. The lowest BCUT2D eigenvalue weighted by Gasteiger charge is -2.07. The highest BCUT2D eigenvalue weighted by molar-refractivity contribution is 5.88. The second-order valence-corrected chi connectivity index (χ2v) is 6.03. The van der Waals surface area contributed by atoms with Crippen molar-refractivity contribution in [3.63, 3.8) is 0 Å². The second kappa shape index (κ2) is 6.62. The zero-order chi connectivity index (χ0) is 18.1. The van der Waals surface area contributed by atoms with Crippen LogP contribution in [0.25, 0.3) is 28.2 Å². The SMILES string of the molecule is CCCCn1c(=O)n2cnnc2c2[nH]c(-c3ccccc3OCC)nc21. The van der Waals surface area contributed by atoms with Gasteiger partial charge in [-0.2, -0.15) is 0 Å². The highest BCUT2D eigenvalue weighted by atomic mass is 16.5. The predicted octanol–water partition coefficient (Wildman–Crippen LogP) is 2.63. The van der Waals surface area contributed by atoms with Crippen LogP contribution in [-0.2, 0) is 6.54 Å². The number of rotatable bonds is 6. The van der Waals surface area contributed by atoms with Crippen molar-refractivity contribution in [1.82, 2.24) is 29.1 Å². The molecular weight excluding hydrogens is 332 g/mol. The molecule has 3 aromatic heterocycles. The Hall–Kier alpha value is -3.16. The highest BCUT2D eigenvalue weighted by Crippen LogP contribution is 2.29. The van der Waals surface area contributed by atoms with Crippen molar-refractivity contribution < 1.29 is 4.74 Å². The molecule has 26 heavy (non-hydrogen) atoms. The zero-order valence-electron chi connectivity index (χ0n) is 14.8. The maximum atomic E-state index is 12.8. The zero-order valence-corrected chi connectivity index (χ0v) is 14.8. The van der Waals surface area contributed by atoms with Gasteiger partial charge in [-0.1, -0.05) is 25.5 Å². The van der Waals surface area contributed by atoms with Crippen molar-refractivity contribution in [1.29, 1.82) is 0 Å². The number of para-hydroxylation sites is 1. The predicted molar refractivity (Wildman–Crippen MR) is 98.4 cm³/mol. The molecule has 8 nitrogen and oxygen atoms in total. The number of hydrogen-bond acceptors (Lipinski definition) is 5. The van der Waals surface area contributed by atoms with Crippen molar-refractivity contribution in [3.8, 4) is 17.1 Å². The Kier molecular flexibility index (Phi) is 4.16. The van der Waals surface area contributed by atoms with E-state index in [0.29, 0.717) is 35.8 Å². The molecule has 0 fully saturated rings. The van der Waals surface area contributed by atoms with Crippen LogP contribution in [0.15, 0.2) is 35.4 Å². The minimum Gasteiger partial charge on any atom is -0.493 e. The smallest absolute Gasteiger partial charge is 0.336 e. The molecule has 8 heteroatoms. The summed E-state index contributed by atoms with van der Waals surface area (Å²) in [5.41, 5.74) is 2.43. The van der Waals surface area contributed by atoms with Crippen LogP contribution in [0.5, 0.6) is 5.75 Å². The third kappa shape index (κ3) is 2.54. The van der Waals surface area contributed by atoms with Crippen molar-refractivity contribution >= 4 is 16.8 Å². The maximum absolute atomic E-state index is 12.8. The molecule has 1 N–H and O–H groups in total. The van der Waals surface area contributed by atoms with E-state index in [-0.39, 0.29) is 5.69 Å². The molecule has 0 radical (unpaired) electrons. The Morgan fingerprint density at radius 3 is 2.85 bits per heavy atom. The average molecular weight is 352 g/mol. The summed E-state index contributed by atoms with van der Waals surface area (Å²) in [5, 5.41) is 7.98. The molecular formula is C18H20N6O2. The minimum absolute atomic E-state index is 0.179. The number of nitrogens with one attached hydrogen (secondary N) is 1. The number of aromatic nitrogens is 6. The van der Waals surface area contributed by atoms with Crippen LogP contribution < -0.4 is 10.4 Å². The number of benzene rings is 1. The van der Waals surface area contributed by atoms with Gasteiger partial charge >= 0.3 is 5.69 Å². The van der Waals surface area contributed by atoms with Gasteiger partial charge in [0.05, 0.1) is 12.2 Å². The van der Waals surface area contributed by atoms with Crippen LogP contribution >= 0.6 is 0 Å². The van der Waals surface area contributed by atoms with E-state index < -0.39 is 0 Å². The fourth-order valence-electron chi connectivity index (χ4n) is 3.07. The summed E-state index contributed by atoms with van der Waals surface area (Å²) in [6.07, 6.45) is 3.31. The summed E-state index contributed by atoms with van der Waals surface area (Å²) < 4.78 is 8.85. The van der Waals surface area contributed by atoms with Crippen LogP contribution in [-0.4, -0.2) is 35.7 Å². The maximum Gasteiger partial charge on any atom is 0.336 e. The summed E-state index contributed by atoms with van der Waals surface area (Å²) in [6.45, 7) is 5.19. The molecule has 0 saturated carbocycles. The first kappa shape index (κ1) is 16.3. The van der Waals surface area contributed by atoms with E-state index in [9.17, 15) is 4.79 Å². The number of aromatic amines is 1. The van der Waals surface area contributed by atoms with Gasteiger partial charge in [0.1, 0.15) is 23.4 Å². The summed E-state index contributed by atoms with van der Waals surface area (Å²) in [5.74, 6) is 1.39. The van der Waals surface area contributed by atoms with E-state index in [1.165, 1.54) is 10.7 Å². The van der Waals surface area contributed by atoms with E-state index in [4.69, 9.17) is 9.72 Å². The lowest BCUT2D eigenvalue weighted by Crippen LogP contribution is -2.27. The van der Waals surface area contributed by atoms with E-state index in [1.54, 1.807) is 4.57 Å². The summed E-state index contributed by atoms with van der Waals surface area (Å²) in [6, 6.07) is 7.70. The molecule has 134 valence electrons. The van der Waals surface area contributed by atoms with Gasteiger partial charge < -0.3 is 9.72 Å². The van der Waals surface area contributed by atoms with Gasteiger partial charge in [0.2, 0.25) is 0 Å². The highest BCUT2D eigenvalue weighted by Gasteiger charge is 2.18. The molecule has 0 amide bonds. The Balaban J connectivity index is 1.99. The quantitative estimate of drug-likeness (QED) is 0.576. The average Bonchev–Trinajstić information content (AvgIpc) is 3.29. The topological polar surface area (TPSA) is 90.1 Å². The third-order valence-electron chi connectivity index (χ3n) is 4.33. The molecule has 0 aliphatic carbocycles. The van der Waals surface area contributed by atoms with Gasteiger partial charge in [0.15, 0.2) is 11.3 Å². The van der Waals surface area contributed by atoms with Crippen molar-refractivity contribution in [2.75, 3.05) is 6.61 Å². The number of unbranched alkanes of at least 4 members (excludes halogenated alkanes) is 1. The van der Waals surface area contributed by atoms with E-state index in [0.717, 1.165) is 24.2 Å². The molecule has 4 aromatic rings. The summed E-state index contributed by atoms with van der Waals surface area (Å²) in [4.78, 5) is 20.8. The third-order valence-corrected chi connectivity index (χ3v) is 4.33. The van der Waals surface area contributed by atoms with Crippen molar-refractivity contribution in [3.05, 3.63) is 41.1 Å². The molecule has 0 aliphatic rings. The number of H-pyrrole nitrogens is 1. The van der Waals surface area contributed by atoms with Crippen LogP contribution in [0.1, 0.15) is 26.7 Å². The fraction of sp³-hybridized carbons (Fsp3) is 0.333. The standard InChI is InChI=1S/C18H20N6O2/c1-3-5-10-23-16-14(17-22-19-11-24(17)18(23)25)20-15(21-16)12-8-6-7-9-13(12)26-4-2/h6-9,11H,3-5,10H2,1-2H3,(H,20,21). The van der Waals surface area contributed by atoms with Gasteiger partial charge in [0, 0.05) is 6.54 Å². The minimum atomic E-state index is -0.179. The van der Waals surface area contributed by atoms with E-state index >= 15 is 0 Å². The molecule has 0 saturated heterocycles.